The van der Waals surface area contributed by atoms with Gasteiger partial charge in [-0.05, 0) is 36.1 Å². The van der Waals surface area contributed by atoms with E-state index in [0.717, 1.165) is 42.9 Å². The molecule has 1 aliphatic heterocycles. The van der Waals surface area contributed by atoms with E-state index in [4.69, 9.17) is 4.74 Å². The Hall–Kier alpha value is -2.40. The zero-order valence-electron chi connectivity index (χ0n) is 14.0. The number of anilines is 1. The topological polar surface area (TPSA) is 54.5 Å². The van der Waals surface area contributed by atoms with Crippen molar-refractivity contribution in [1.29, 1.82) is 0 Å². The van der Waals surface area contributed by atoms with E-state index in [-0.39, 0.29) is 5.91 Å². The number of nitrogens with one attached hydrogen (secondary N) is 1. The number of hydrogen-bond donors (Lipinski definition) is 1. The SMILES string of the molecule is COCc1ccccc1CNC(=O)c1cccnc1N1CCCC1. The molecule has 2 heterocycles. The molecular weight excluding hydrogens is 302 g/mol. The second-order valence-corrected chi connectivity index (χ2v) is 5.95. The molecule has 1 N–H and O–H groups in total. The van der Waals surface area contributed by atoms with Crippen molar-refractivity contribution >= 4 is 11.7 Å². The Morgan fingerprint density at radius 3 is 2.67 bits per heavy atom. The number of amides is 1. The highest BCUT2D eigenvalue weighted by molar-refractivity contribution is 5.98. The van der Waals surface area contributed by atoms with Gasteiger partial charge in [0.2, 0.25) is 0 Å². The third-order valence-corrected chi connectivity index (χ3v) is 4.29. The fraction of sp³-hybridized carbons (Fsp3) is 0.368. The van der Waals surface area contributed by atoms with Gasteiger partial charge in [-0.25, -0.2) is 4.98 Å². The number of rotatable bonds is 6. The predicted octanol–water partition coefficient (Wildman–Crippen LogP) is 2.76. The van der Waals surface area contributed by atoms with Crippen molar-refractivity contribution in [1.82, 2.24) is 10.3 Å². The molecule has 1 amide bonds. The third kappa shape index (κ3) is 3.74. The zero-order chi connectivity index (χ0) is 16.8. The number of methoxy groups -OCH3 is 1. The lowest BCUT2D eigenvalue weighted by Gasteiger charge is -2.19. The molecule has 0 radical (unpaired) electrons. The monoisotopic (exact) mass is 325 g/mol. The zero-order valence-corrected chi connectivity index (χ0v) is 14.0. The Morgan fingerprint density at radius 1 is 1.17 bits per heavy atom. The van der Waals surface area contributed by atoms with Gasteiger partial charge in [0.1, 0.15) is 5.82 Å². The molecule has 5 nitrogen and oxygen atoms in total. The molecule has 1 saturated heterocycles. The molecule has 1 fully saturated rings. The maximum absolute atomic E-state index is 12.7. The average Bonchev–Trinajstić information content (AvgIpc) is 3.15. The molecule has 126 valence electrons. The molecule has 1 aromatic heterocycles. The first kappa shape index (κ1) is 16.5. The molecule has 0 unspecified atom stereocenters. The van der Waals surface area contributed by atoms with Crippen LogP contribution in [0.4, 0.5) is 5.82 Å². The predicted molar refractivity (Wildman–Crippen MR) is 94.0 cm³/mol. The van der Waals surface area contributed by atoms with Crippen molar-refractivity contribution in [2.45, 2.75) is 26.0 Å². The molecule has 5 heteroatoms. The van der Waals surface area contributed by atoms with E-state index >= 15 is 0 Å². The summed E-state index contributed by atoms with van der Waals surface area (Å²) in [7, 11) is 1.67. The second kappa shape index (κ2) is 7.93. The lowest BCUT2D eigenvalue weighted by Crippen LogP contribution is -2.28. The first-order chi connectivity index (χ1) is 11.8. The third-order valence-electron chi connectivity index (χ3n) is 4.29. The van der Waals surface area contributed by atoms with Gasteiger partial charge in [0.15, 0.2) is 0 Å². The highest BCUT2D eigenvalue weighted by atomic mass is 16.5. The van der Waals surface area contributed by atoms with Crippen LogP contribution in [0.5, 0.6) is 0 Å². The summed E-state index contributed by atoms with van der Waals surface area (Å²) in [5, 5.41) is 3.02. The van der Waals surface area contributed by atoms with Crippen LogP contribution in [-0.4, -0.2) is 31.1 Å². The summed E-state index contributed by atoms with van der Waals surface area (Å²) in [5.41, 5.74) is 2.80. The Bertz CT molecular complexity index is 697. The molecule has 0 saturated carbocycles. The summed E-state index contributed by atoms with van der Waals surface area (Å²) in [6.45, 7) is 2.95. The minimum Gasteiger partial charge on any atom is -0.380 e. The Labute approximate surface area is 142 Å². The number of pyridine rings is 1. The average molecular weight is 325 g/mol. The van der Waals surface area contributed by atoms with E-state index in [2.05, 4.69) is 15.2 Å². The maximum Gasteiger partial charge on any atom is 0.255 e. The van der Waals surface area contributed by atoms with Crippen LogP contribution >= 0.6 is 0 Å². The summed E-state index contributed by atoms with van der Waals surface area (Å²) < 4.78 is 5.22. The van der Waals surface area contributed by atoms with Crippen LogP contribution in [-0.2, 0) is 17.9 Å². The largest absolute Gasteiger partial charge is 0.380 e. The van der Waals surface area contributed by atoms with Crippen molar-refractivity contribution in [3.8, 4) is 0 Å². The molecule has 2 aromatic rings. The van der Waals surface area contributed by atoms with Crippen LogP contribution in [0, 0.1) is 0 Å². The van der Waals surface area contributed by atoms with Crippen molar-refractivity contribution in [3.05, 3.63) is 59.3 Å². The number of ether oxygens (including phenoxy) is 1. The van der Waals surface area contributed by atoms with Crippen LogP contribution < -0.4 is 10.2 Å². The van der Waals surface area contributed by atoms with Gasteiger partial charge in [-0.2, -0.15) is 0 Å². The van der Waals surface area contributed by atoms with Crippen molar-refractivity contribution in [2.24, 2.45) is 0 Å². The molecule has 0 bridgehead atoms. The smallest absolute Gasteiger partial charge is 0.255 e. The standard InChI is InChI=1S/C19H23N3O2/c1-24-14-16-8-3-2-7-15(16)13-21-19(23)17-9-6-10-20-18(17)22-11-4-5-12-22/h2-3,6-10H,4-5,11-14H2,1H3,(H,21,23). The van der Waals surface area contributed by atoms with Gasteiger partial charge >= 0.3 is 0 Å². The quantitative estimate of drug-likeness (QED) is 0.887. The van der Waals surface area contributed by atoms with E-state index in [0.29, 0.717) is 18.7 Å². The van der Waals surface area contributed by atoms with Gasteiger partial charge in [0.25, 0.3) is 5.91 Å². The minimum absolute atomic E-state index is 0.0859. The molecule has 0 atom stereocenters. The Kier molecular flexibility index (Phi) is 5.43. The molecule has 1 aromatic carbocycles. The van der Waals surface area contributed by atoms with Crippen LogP contribution in [0.25, 0.3) is 0 Å². The number of aromatic nitrogens is 1. The van der Waals surface area contributed by atoms with Gasteiger partial charge in [-0.1, -0.05) is 24.3 Å². The van der Waals surface area contributed by atoms with Crippen LogP contribution in [0.3, 0.4) is 0 Å². The Morgan fingerprint density at radius 2 is 1.92 bits per heavy atom. The van der Waals surface area contributed by atoms with Crippen LogP contribution in [0.15, 0.2) is 42.6 Å². The number of benzene rings is 1. The molecule has 3 rings (SSSR count). The fourth-order valence-corrected chi connectivity index (χ4v) is 3.05. The first-order valence-corrected chi connectivity index (χ1v) is 8.33. The molecule has 1 aliphatic rings. The van der Waals surface area contributed by atoms with Crippen molar-refractivity contribution in [3.63, 3.8) is 0 Å². The molecule has 0 spiro atoms. The number of carbonyl (C=O) groups is 1. The normalized spacial score (nSPS) is 14.0. The molecule has 0 aliphatic carbocycles. The van der Waals surface area contributed by atoms with Gasteiger partial charge in [0.05, 0.1) is 12.2 Å². The molecule has 24 heavy (non-hydrogen) atoms. The van der Waals surface area contributed by atoms with E-state index < -0.39 is 0 Å². The highest BCUT2D eigenvalue weighted by Gasteiger charge is 2.20. The molecular formula is C19H23N3O2. The second-order valence-electron chi connectivity index (χ2n) is 5.95. The lowest BCUT2D eigenvalue weighted by molar-refractivity contribution is 0.0950. The van der Waals surface area contributed by atoms with Crippen molar-refractivity contribution in [2.75, 3.05) is 25.1 Å². The lowest BCUT2D eigenvalue weighted by atomic mass is 10.1. The summed E-state index contributed by atoms with van der Waals surface area (Å²) >= 11 is 0. The summed E-state index contributed by atoms with van der Waals surface area (Å²) in [6, 6.07) is 11.6. The van der Waals surface area contributed by atoms with E-state index in [9.17, 15) is 4.79 Å². The van der Waals surface area contributed by atoms with E-state index in [1.807, 2.05) is 36.4 Å². The van der Waals surface area contributed by atoms with Crippen LogP contribution in [0.1, 0.15) is 34.3 Å². The first-order valence-electron chi connectivity index (χ1n) is 8.33. The van der Waals surface area contributed by atoms with Crippen molar-refractivity contribution < 1.29 is 9.53 Å². The Balaban J connectivity index is 1.72. The summed E-state index contributed by atoms with van der Waals surface area (Å²) in [4.78, 5) is 19.3. The number of nitrogens with zero attached hydrogens (tertiary/aromatic N) is 2. The van der Waals surface area contributed by atoms with Gasteiger partial charge in [-0.3, -0.25) is 4.79 Å². The fourth-order valence-electron chi connectivity index (χ4n) is 3.05. The maximum atomic E-state index is 12.7. The summed E-state index contributed by atoms with van der Waals surface area (Å²) in [6.07, 6.45) is 4.06. The summed E-state index contributed by atoms with van der Waals surface area (Å²) in [5.74, 6) is 0.704. The number of hydrogen-bond acceptors (Lipinski definition) is 4. The minimum atomic E-state index is -0.0859. The van der Waals surface area contributed by atoms with Gasteiger partial charge in [-0.15, -0.1) is 0 Å². The van der Waals surface area contributed by atoms with E-state index in [1.54, 1.807) is 13.3 Å². The van der Waals surface area contributed by atoms with E-state index in [1.165, 1.54) is 0 Å². The van der Waals surface area contributed by atoms with Gasteiger partial charge < -0.3 is 15.0 Å². The van der Waals surface area contributed by atoms with Crippen LogP contribution in [0.2, 0.25) is 0 Å². The highest BCUT2D eigenvalue weighted by Crippen LogP contribution is 2.22. The number of carbonyl (C=O) groups excluding carboxylic acids is 1. The van der Waals surface area contributed by atoms with Gasteiger partial charge in [0, 0.05) is 32.9 Å².